The van der Waals surface area contributed by atoms with E-state index >= 15 is 0 Å². The monoisotopic (exact) mass is 478 g/mol. The molecule has 0 saturated carbocycles. The maximum atomic E-state index is 12.9. The number of likely N-dealkylation sites (tertiary alicyclic amines) is 1. The molecule has 2 aromatic rings. The topological polar surface area (TPSA) is 76.1 Å². The molecule has 0 radical (unpaired) electrons. The molecule has 188 valence electrons. The lowest BCUT2D eigenvalue weighted by Crippen LogP contribution is -2.53. The molecule has 0 aliphatic carbocycles. The molecule has 4 rings (SSSR count). The van der Waals surface area contributed by atoms with Crippen LogP contribution in [0.15, 0.2) is 48.5 Å². The van der Waals surface area contributed by atoms with Gasteiger partial charge in [0.1, 0.15) is 0 Å². The van der Waals surface area contributed by atoms with Crippen LogP contribution in [0.3, 0.4) is 0 Å². The number of aliphatic hydroxyl groups is 1. The second-order valence-corrected chi connectivity index (χ2v) is 9.94. The number of piperidine rings is 1. The van der Waals surface area contributed by atoms with Crippen LogP contribution in [0, 0.1) is 19.8 Å². The summed E-state index contributed by atoms with van der Waals surface area (Å²) in [6.45, 7) is 9.15. The zero-order valence-corrected chi connectivity index (χ0v) is 20.9. The number of nitrogens with one attached hydrogen (secondary N) is 1. The molecule has 2 aromatic carbocycles. The van der Waals surface area contributed by atoms with E-state index in [4.69, 9.17) is 0 Å². The third kappa shape index (κ3) is 6.69. The lowest BCUT2D eigenvalue weighted by Gasteiger charge is -2.37. The van der Waals surface area contributed by atoms with Crippen LogP contribution in [-0.4, -0.2) is 84.0 Å². The number of anilines is 1. The Labute approximate surface area is 208 Å². The maximum absolute atomic E-state index is 12.9. The Morgan fingerprint density at radius 2 is 1.46 bits per heavy atom. The van der Waals surface area contributed by atoms with Gasteiger partial charge in [0.25, 0.3) is 0 Å². The summed E-state index contributed by atoms with van der Waals surface area (Å²) in [6.07, 6.45) is 1.35. The van der Waals surface area contributed by atoms with Gasteiger partial charge in [0.05, 0.1) is 19.2 Å². The minimum Gasteiger partial charge on any atom is -0.388 e. The zero-order chi connectivity index (χ0) is 24.8. The highest BCUT2D eigenvalue weighted by atomic mass is 16.3. The fourth-order valence-electron chi connectivity index (χ4n) is 5.19. The van der Waals surface area contributed by atoms with Crippen LogP contribution in [0.5, 0.6) is 0 Å². The van der Waals surface area contributed by atoms with Gasteiger partial charge in [-0.1, -0.05) is 48.5 Å². The van der Waals surface area contributed by atoms with Crippen molar-refractivity contribution >= 4 is 17.5 Å². The van der Waals surface area contributed by atoms with Gasteiger partial charge in [-0.25, -0.2) is 0 Å². The number of benzene rings is 2. The van der Waals surface area contributed by atoms with Gasteiger partial charge in [-0.15, -0.1) is 0 Å². The number of hydrogen-bond donors (Lipinski definition) is 2. The van der Waals surface area contributed by atoms with E-state index in [1.54, 1.807) is 0 Å². The average Bonchev–Trinajstić information content (AvgIpc) is 2.87. The van der Waals surface area contributed by atoms with Crippen LogP contribution in [0.1, 0.15) is 35.6 Å². The van der Waals surface area contributed by atoms with Crippen molar-refractivity contribution in [2.45, 2.75) is 32.8 Å². The second kappa shape index (κ2) is 11.8. The Kier molecular flexibility index (Phi) is 8.55. The van der Waals surface area contributed by atoms with Crippen LogP contribution >= 0.6 is 0 Å². The lowest BCUT2D eigenvalue weighted by molar-refractivity contribution is -0.134. The Morgan fingerprint density at radius 1 is 0.857 bits per heavy atom. The number of para-hydroxylation sites is 1. The molecule has 2 heterocycles. The molecule has 0 aromatic heterocycles. The smallest absolute Gasteiger partial charge is 0.238 e. The van der Waals surface area contributed by atoms with Gasteiger partial charge in [0.2, 0.25) is 11.8 Å². The van der Waals surface area contributed by atoms with Crippen LogP contribution in [-0.2, 0) is 9.59 Å². The minimum absolute atomic E-state index is 0.0114. The molecule has 1 atom stereocenters. The average molecular weight is 479 g/mol. The summed E-state index contributed by atoms with van der Waals surface area (Å²) in [5.41, 5.74) is 3.99. The molecule has 2 aliphatic heterocycles. The van der Waals surface area contributed by atoms with Crippen molar-refractivity contribution < 1.29 is 14.7 Å². The highest BCUT2D eigenvalue weighted by molar-refractivity contribution is 5.93. The number of rotatable bonds is 7. The highest BCUT2D eigenvalue weighted by Crippen LogP contribution is 2.30. The number of aryl methyl sites for hydroxylation is 2. The minimum atomic E-state index is -0.436. The van der Waals surface area contributed by atoms with E-state index in [1.165, 1.54) is 0 Å². The lowest BCUT2D eigenvalue weighted by atomic mass is 9.87. The number of hydrogen-bond acceptors (Lipinski definition) is 5. The van der Waals surface area contributed by atoms with E-state index in [0.717, 1.165) is 48.3 Å². The van der Waals surface area contributed by atoms with E-state index in [-0.39, 0.29) is 17.7 Å². The molecule has 1 unspecified atom stereocenters. The van der Waals surface area contributed by atoms with E-state index in [1.807, 2.05) is 67.3 Å². The van der Waals surface area contributed by atoms with E-state index in [2.05, 4.69) is 15.1 Å². The maximum Gasteiger partial charge on any atom is 0.238 e. The summed E-state index contributed by atoms with van der Waals surface area (Å²) >= 11 is 0. The molecule has 7 nitrogen and oxygen atoms in total. The Bertz CT molecular complexity index is 976. The third-order valence-electron chi connectivity index (χ3n) is 7.42. The highest BCUT2D eigenvalue weighted by Gasteiger charge is 2.29. The zero-order valence-electron chi connectivity index (χ0n) is 20.9. The fraction of sp³-hybridized carbons (Fsp3) is 0.500. The molecule has 7 heteroatoms. The molecule has 2 N–H and O–H groups in total. The number of nitrogens with zero attached hydrogens (tertiary/aromatic N) is 3. The van der Waals surface area contributed by atoms with Crippen LogP contribution in [0.25, 0.3) is 0 Å². The first-order chi connectivity index (χ1) is 16.9. The molecule has 2 aliphatic rings. The summed E-state index contributed by atoms with van der Waals surface area (Å²) < 4.78 is 0. The number of carbonyl (C=O) groups excluding carboxylic acids is 2. The van der Waals surface area contributed by atoms with E-state index in [9.17, 15) is 14.7 Å². The molecule has 0 bridgehead atoms. The first kappa shape index (κ1) is 25.4. The number of piperazine rings is 1. The Hall–Kier alpha value is -2.74. The number of amides is 2. The molecule has 2 fully saturated rings. The van der Waals surface area contributed by atoms with Gasteiger partial charge < -0.3 is 15.3 Å². The van der Waals surface area contributed by atoms with Gasteiger partial charge in [-0.2, -0.15) is 0 Å². The van der Waals surface area contributed by atoms with Crippen molar-refractivity contribution in [1.29, 1.82) is 0 Å². The van der Waals surface area contributed by atoms with E-state index in [0.29, 0.717) is 39.3 Å². The summed E-state index contributed by atoms with van der Waals surface area (Å²) in [4.78, 5) is 31.7. The summed E-state index contributed by atoms with van der Waals surface area (Å²) in [6, 6.07) is 15.8. The molecule has 35 heavy (non-hydrogen) atoms. The largest absolute Gasteiger partial charge is 0.388 e. The first-order valence-corrected chi connectivity index (χ1v) is 12.7. The Balaban J connectivity index is 1.17. The molecular weight excluding hydrogens is 440 g/mol. The number of aliphatic hydroxyl groups excluding tert-OH is 1. The fourth-order valence-corrected chi connectivity index (χ4v) is 5.19. The van der Waals surface area contributed by atoms with Crippen molar-refractivity contribution in [2.75, 3.05) is 57.7 Å². The van der Waals surface area contributed by atoms with E-state index < -0.39 is 6.10 Å². The summed E-state index contributed by atoms with van der Waals surface area (Å²) in [7, 11) is 0. The number of carbonyl (C=O) groups is 2. The summed E-state index contributed by atoms with van der Waals surface area (Å²) in [5.74, 6) is 0.385. The third-order valence-corrected chi connectivity index (χ3v) is 7.42. The molecular formula is C28H38N4O3. The van der Waals surface area contributed by atoms with Crippen LogP contribution in [0.2, 0.25) is 0 Å². The van der Waals surface area contributed by atoms with Gasteiger partial charge in [-0.3, -0.25) is 19.4 Å². The molecule has 2 amide bonds. The molecule has 2 saturated heterocycles. The predicted octanol–water partition coefficient (Wildman–Crippen LogP) is 2.83. The standard InChI is InChI=1S/C28H38N4O3/c1-21-7-6-8-22(2)27(21)29-25(33)19-31-15-17-32(18-16-31)26(34)20-30-13-11-24(12-14-30)28(35)23-9-4-3-5-10-23/h3-10,24,28,35H,11-20H2,1-2H3,(H,29,33). The van der Waals surface area contributed by atoms with Crippen LogP contribution < -0.4 is 5.32 Å². The van der Waals surface area contributed by atoms with Crippen molar-refractivity contribution in [3.63, 3.8) is 0 Å². The van der Waals surface area contributed by atoms with Crippen molar-refractivity contribution in [3.8, 4) is 0 Å². The second-order valence-electron chi connectivity index (χ2n) is 9.94. The van der Waals surface area contributed by atoms with Gasteiger partial charge in [-0.05, 0) is 62.4 Å². The Morgan fingerprint density at radius 3 is 2.09 bits per heavy atom. The molecule has 0 spiro atoms. The van der Waals surface area contributed by atoms with Crippen molar-refractivity contribution in [3.05, 3.63) is 65.2 Å². The van der Waals surface area contributed by atoms with Gasteiger partial charge in [0, 0.05) is 31.9 Å². The van der Waals surface area contributed by atoms with Crippen molar-refractivity contribution in [1.82, 2.24) is 14.7 Å². The van der Waals surface area contributed by atoms with Crippen LogP contribution in [0.4, 0.5) is 5.69 Å². The van der Waals surface area contributed by atoms with Gasteiger partial charge >= 0.3 is 0 Å². The van der Waals surface area contributed by atoms with Crippen molar-refractivity contribution in [2.24, 2.45) is 5.92 Å². The van der Waals surface area contributed by atoms with Gasteiger partial charge in [0.15, 0.2) is 0 Å². The quantitative estimate of drug-likeness (QED) is 0.640. The summed E-state index contributed by atoms with van der Waals surface area (Å²) in [5, 5.41) is 13.7. The predicted molar refractivity (Wildman–Crippen MR) is 138 cm³/mol. The normalized spacial score (nSPS) is 18.9. The SMILES string of the molecule is Cc1cccc(C)c1NC(=O)CN1CCN(C(=O)CN2CCC(C(O)c3ccccc3)CC2)CC1. The first-order valence-electron chi connectivity index (χ1n) is 12.7.